The summed E-state index contributed by atoms with van der Waals surface area (Å²) in [5.41, 5.74) is -2.22. The fourth-order valence-corrected chi connectivity index (χ4v) is 17.2. The zero-order chi connectivity index (χ0) is 54.6. The molecule has 0 amide bonds. The van der Waals surface area contributed by atoms with Gasteiger partial charge in [0.05, 0.1) is 46.1 Å². The quantitative estimate of drug-likeness (QED) is 0.0453. The predicted molar refractivity (Wildman–Crippen MR) is 323 cm³/mol. The van der Waals surface area contributed by atoms with Crippen molar-refractivity contribution in [2.75, 3.05) is 26.4 Å². The van der Waals surface area contributed by atoms with Crippen LogP contribution < -0.4 is 0 Å². The van der Waals surface area contributed by atoms with E-state index in [1.54, 1.807) is 0 Å². The molecule has 0 heterocycles. The maximum absolute atomic E-state index is 13.7. The van der Waals surface area contributed by atoms with Crippen LogP contribution in [0.15, 0.2) is 0 Å². The van der Waals surface area contributed by atoms with Gasteiger partial charge in [0.25, 0.3) is 0 Å². The van der Waals surface area contributed by atoms with Crippen molar-refractivity contribution >= 4 is 58.0 Å². The Balaban J connectivity index is 0.000000281. The van der Waals surface area contributed by atoms with Crippen molar-refractivity contribution in [3.63, 3.8) is 0 Å². The maximum atomic E-state index is 13.7. The van der Waals surface area contributed by atoms with Crippen LogP contribution in [0.1, 0.15) is 323 Å². The molecule has 6 nitrogen and oxygen atoms in total. The van der Waals surface area contributed by atoms with Gasteiger partial charge >= 0.3 is 0 Å². The molecule has 6 aliphatic rings. The van der Waals surface area contributed by atoms with Gasteiger partial charge < -0.3 is 18.9 Å². The lowest BCUT2D eigenvalue weighted by Gasteiger charge is -2.66. The smallest absolute Gasteiger partial charge is 0.151 e. The molecule has 10 heteroatoms. The van der Waals surface area contributed by atoms with Gasteiger partial charge in [-0.25, -0.2) is 0 Å². The summed E-state index contributed by atoms with van der Waals surface area (Å²) in [4.78, 5) is 27.5. The van der Waals surface area contributed by atoms with Gasteiger partial charge in [-0.3, -0.25) is 9.59 Å². The summed E-state index contributed by atoms with van der Waals surface area (Å²) in [6.45, 7) is 12.4. The fraction of sp³-hybridized carbons (Fsp3) is 0.970. The number of alkyl halides is 4. The summed E-state index contributed by atoms with van der Waals surface area (Å²) in [5.74, 6) is 0.698. The van der Waals surface area contributed by atoms with E-state index in [-0.39, 0.29) is 24.4 Å². The molecule has 0 unspecified atom stereocenters. The first-order valence-electron chi connectivity index (χ1n) is 33.2. The minimum Gasteiger partial charge on any atom is -0.378 e. The highest BCUT2D eigenvalue weighted by Gasteiger charge is 2.80. The molecule has 6 rings (SSSR count). The third-order valence-corrected chi connectivity index (χ3v) is 23.1. The monoisotopic (exact) mass is 1140 g/mol. The van der Waals surface area contributed by atoms with Gasteiger partial charge in [-0.1, -0.05) is 241 Å². The van der Waals surface area contributed by atoms with E-state index < -0.39 is 30.3 Å². The largest absolute Gasteiger partial charge is 0.378 e. The average molecular weight is 1150 g/mol. The molecule has 4 spiro atoms. The highest BCUT2D eigenvalue weighted by atomic mass is 35.5. The molecule has 0 aromatic heterocycles. The number of Topliss-reactive ketones (excluding diaryl/α,β-unsaturated/α-hetero) is 2. The van der Waals surface area contributed by atoms with E-state index in [0.717, 1.165) is 155 Å². The third kappa shape index (κ3) is 17.7. The molecular formula is C66H116Cl4O6. The first kappa shape index (κ1) is 67.1. The van der Waals surface area contributed by atoms with E-state index in [1.165, 1.54) is 167 Å². The van der Waals surface area contributed by atoms with Crippen molar-refractivity contribution < 1.29 is 28.5 Å². The van der Waals surface area contributed by atoms with Gasteiger partial charge in [-0.05, 0) is 128 Å². The number of rotatable bonds is 38. The molecular weight excluding hydrogens is 1030 g/mol. The number of carbonyl (C=O) groups is 2. The molecule has 0 atom stereocenters. The van der Waals surface area contributed by atoms with E-state index in [4.69, 9.17) is 65.4 Å². The van der Waals surface area contributed by atoms with E-state index in [0.29, 0.717) is 11.6 Å². The molecule has 444 valence electrons. The van der Waals surface area contributed by atoms with Crippen LogP contribution in [0.4, 0.5) is 0 Å². The molecule has 0 saturated heterocycles. The number of carbonyl (C=O) groups excluding carboxylic acids is 2. The zero-order valence-corrected chi connectivity index (χ0v) is 52.6. The predicted octanol–water partition coefficient (Wildman–Crippen LogP) is 21.1. The molecule has 0 aromatic rings. The van der Waals surface area contributed by atoms with Crippen LogP contribution in [0, 0.1) is 21.7 Å². The van der Waals surface area contributed by atoms with Crippen LogP contribution in [0.3, 0.4) is 0 Å². The van der Waals surface area contributed by atoms with E-state index in [2.05, 4.69) is 27.7 Å². The average Bonchev–Trinajstić information content (AvgIpc) is 3.45. The maximum Gasteiger partial charge on any atom is 0.151 e. The van der Waals surface area contributed by atoms with E-state index in [9.17, 15) is 9.59 Å². The second-order valence-corrected chi connectivity index (χ2v) is 28.3. The Morgan fingerprint density at radius 1 is 0.289 bits per heavy atom. The van der Waals surface area contributed by atoms with Crippen molar-refractivity contribution in [1.82, 2.24) is 0 Å². The Morgan fingerprint density at radius 2 is 0.447 bits per heavy atom. The van der Waals surface area contributed by atoms with Gasteiger partial charge in [0.2, 0.25) is 0 Å². The lowest BCUT2D eigenvalue weighted by atomic mass is 9.43. The van der Waals surface area contributed by atoms with Crippen molar-refractivity contribution in [1.29, 1.82) is 0 Å². The Labute approximate surface area is 487 Å². The summed E-state index contributed by atoms with van der Waals surface area (Å²) in [6.07, 6.45) is 53.8. The number of unbranched alkanes of at least 4 members (excludes halogenated alkanes) is 26. The minimum atomic E-state index is -0.942. The number of hydrogen-bond acceptors (Lipinski definition) is 6. The second-order valence-electron chi connectivity index (χ2n) is 25.6. The van der Waals surface area contributed by atoms with E-state index >= 15 is 0 Å². The number of hydrogen-bond donors (Lipinski definition) is 0. The standard InChI is InChI=1S/C34H60Cl2O3.C32H56Cl2O3/c1-3-5-7-9-11-13-15-17-27-38-29-19-23-32(24-20-29)31(37)33(34(32,35)36)25-21-30(22-26-33)39-28-18-16-14-12-10-8-6-4-2;1-3-5-7-9-11-13-15-25-36-27-17-21-30(22-18-27)29(35)31(32(30,33)34)23-19-28(20-24-31)37-26-16-14-12-10-8-6-4-2/h29-30H,3-28H2,1-2H3;27-28H,3-26H2,1-2H3/t29-,30?,32+,33?;27?,28?,30-,31-. The lowest BCUT2D eigenvalue weighted by Crippen LogP contribution is -2.74. The van der Waals surface area contributed by atoms with Crippen LogP contribution in [-0.4, -0.2) is 71.1 Å². The minimum absolute atomic E-state index is 0.258. The summed E-state index contributed by atoms with van der Waals surface area (Å²) in [5, 5.41) is 0. The highest BCUT2D eigenvalue weighted by Crippen LogP contribution is 2.75. The Kier molecular flexibility index (Phi) is 31.3. The van der Waals surface area contributed by atoms with Gasteiger partial charge in [0, 0.05) is 26.4 Å². The van der Waals surface area contributed by atoms with Crippen LogP contribution in [0.25, 0.3) is 0 Å². The van der Waals surface area contributed by atoms with Crippen LogP contribution >= 0.6 is 46.4 Å². The molecule has 6 fully saturated rings. The lowest BCUT2D eigenvalue weighted by molar-refractivity contribution is -0.177. The van der Waals surface area contributed by atoms with Gasteiger partial charge in [0.15, 0.2) is 11.6 Å². The Bertz CT molecular complexity index is 1450. The summed E-state index contributed by atoms with van der Waals surface area (Å²) in [6, 6.07) is 0. The third-order valence-electron chi connectivity index (χ3n) is 20.2. The molecule has 0 radical (unpaired) electrons. The topological polar surface area (TPSA) is 71.1 Å². The molecule has 6 saturated carbocycles. The van der Waals surface area contributed by atoms with Crippen LogP contribution in [-0.2, 0) is 28.5 Å². The highest BCUT2D eigenvalue weighted by molar-refractivity contribution is 6.55. The second kappa shape index (κ2) is 35.5. The summed E-state index contributed by atoms with van der Waals surface area (Å²) in [7, 11) is 0. The van der Waals surface area contributed by atoms with Crippen molar-refractivity contribution in [3.8, 4) is 0 Å². The number of halogens is 4. The van der Waals surface area contributed by atoms with Crippen LogP contribution in [0.2, 0.25) is 0 Å². The number of ketones is 2. The number of ether oxygens (including phenoxy) is 4. The van der Waals surface area contributed by atoms with E-state index in [1.807, 2.05) is 0 Å². The molecule has 0 N–H and O–H groups in total. The normalized spacial score (nSPS) is 30.7. The first-order chi connectivity index (χ1) is 36.9. The molecule has 76 heavy (non-hydrogen) atoms. The molecule has 0 aromatic carbocycles. The van der Waals surface area contributed by atoms with Crippen molar-refractivity contribution in [2.45, 2.75) is 356 Å². The Morgan fingerprint density at radius 3 is 0.605 bits per heavy atom. The molecule has 6 aliphatic carbocycles. The van der Waals surface area contributed by atoms with Gasteiger partial charge in [-0.2, -0.15) is 0 Å². The first-order valence-corrected chi connectivity index (χ1v) is 34.7. The van der Waals surface area contributed by atoms with Crippen molar-refractivity contribution in [3.05, 3.63) is 0 Å². The molecule has 0 aliphatic heterocycles. The fourth-order valence-electron chi connectivity index (χ4n) is 15.0. The zero-order valence-electron chi connectivity index (χ0n) is 49.6. The van der Waals surface area contributed by atoms with Crippen molar-refractivity contribution in [2.24, 2.45) is 21.7 Å². The Hall–Kier alpha value is 0.340. The summed E-state index contributed by atoms with van der Waals surface area (Å²) >= 11 is 28.5. The SMILES string of the molecule is CCCCCCCCCCOC1CCC2(CC1)C(=O)[C@]1(CC[C@H](OCCCCCCCCCC)CC1)C2(Cl)Cl.CCCCCCCCCOC1CC[C@]2(CC1)C(=O)[C@@]1(CCC(OCCCCCCCCC)CC1)C2(Cl)Cl. The van der Waals surface area contributed by atoms with Crippen LogP contribution in [0.5, 0.6) is 0 Å². The van der Waals surface area contributed by atoms with Gasteiger partial charge in [0.1, 0.15) is 8.67 Å². The van der Waals surface area contributed by atoms with Gasteiger partial charge in [-0.15, -0.1) is 0 Å². The summed E-state index contributed by atoms with van der Waals surface area (Å²) < 4.78 is 22.9. The molecule has 0 bridgehead atoms.